The Labute approximate surface area is 94.1 Å². The van der Waals surface area contributed by atoms with Crippen molar-refractivity contribution in [2.75, 3.05) is 0 Å². The van der Waals surface area contributed by atoms with E-state index >= 15 is 0 Å². The number of nitro groups is 1. The molecule has 1 aromatic rings. The molecule has 0 radical (unpaired) electrons. The van der Waals surface area contributed by atoms with E-state index in [2.05, 4.69) is 4.98 Å². The number of alkyl halides is 2. The van der Waals surface area contributed by atoms with Gasteiger partial charge >= 0.3 is 5.97 Å². The van der Waals surface area contributed by atoms with Gasteiger partial charge in [-0.2, -0.15) is 0 Å². The van der Waals surface area contributed by atoms with Crippen LogP contribution in [0.1, 0.15) is 23.2 Å². The van der Waals surface area contributed by atoms with Crippen molar-refractivity contribution in [1.29, 1.82) is 0 Å². The second-order valence-electron chi connectivity index (χ2n) is 3.28. The molecule has 0 amide bonds. The minimum absolute atomic E-state index is 0.0409. The van der Waals surface area contributed by atoms with Crippen LogP contribution in [0.3, 0.4) is 0 Å². The molecule has 0 saturated heterocycles. The number of carbonyl (C=O) groups is 1. The highest BCUT2D eigenvalue weighted by Crippen LogP contribution is 2.33. The lowest BCUT2D eigenvalue weighted by molar-refractivity contribution is -0.387. The highest BCUT2D eigenvalue weighted by Gasteiger charge is 2.29. The minimum atomic E-state index is -3.05. The molecule has 0 saturated carbocycles. The molecule has 0 bridgehead atoms. The maximum Gasteiger partial charge on any atom is 0.309 e. The zero-order valence-corrected chi connectivity index (χ0v) is 8.68. The third-order valence-corrected chi connectivity index (χ3v) is 2.09. The second-order valence-corrected chi connectivity index (χ2v) is 3.28. The van der Waals surface area contributed by atoms with Crippen molar-refractivity contribution in [3.63, 3.8) is 0 Å². The number of aliphatic carboxylic acids is 1. The topological polar surface area (TPSA) is 93.3 Å². The molecule has 0 spiro atoms. The molecule has 0 unspecified atom stereocenters. The quantitative estimate of drug-likeness (QED) is 0.646. The summed E-state index contributed by atoms with van der Waals surface area (Å²) in [6.45, 7) is 1.26. The molecule has 1 N–H and O–H groups in total. The van der Waals surface area contributed by atoms with Crippen molar-refractivity contribution >= 4 is 11.7 Å². The number of aryl methyl sites for hydroxylation is 1. The Kier molecular flexibility index (Phi) is 3.66. The van der Waals surface area contributed by atoms with Gasteiger partial charge in [0.15, 0.2) is 0 Å². The summed E-state index contributed by atoms with van der Waals surface area (Å²) in [4.78, 5) is 23.7. The van der Waals surface area contributed by atoms with E-state index in [1.807, 2.05) is 0 Å². The summed E-state index contributed by atoms with van der Waals surface area (Å²) in [6.07, 6.45) is -2.81. The lowest BCUT2D eigenvalue weighted by Crippen LogP contribution is -2.10. The number of rotatable bonds is 4. The van der Waals surface area contributed by atoms with E-state index in [0.29, 0.717) is 0 Å². The van der Waals surface area contributed by atoms with Crippen molar-refractivity contribution in [1.82, 2.24) is 4.98 Å². The summed E-state index contributed by atoms with van der Waals surface area (Å²) < 4.78 is 25.4. The third-order valence-electron chi connectivity index (χ3n) is 2.09. The summed E-state index contributed by atoms with van der Waals surface area (Å²) in [5.74, 6) is -1.37. The van der Waals surface area contributed by atoms with Crippen LogP contribution >= 0.6 is 0 Å². The normalized spacial score (nSPS) is 10.6. The Balaban J connectivity index is 3.47. The van der Waals surface area contributed by atoms with Crippen LogP contribution in [0, 0.1) is 17.0 Å². The summed E-state index contributed by atoms with van der Waals surface area (Å²) in [6, 6.07) is 0. The molecule has 0 atom stereocenters. The summed E-state index contributed by atoms with van der Waals surface area (Å²) in [5, 5.41) is 19.2. The van der Waals surface area contributed by atoms with Gasteiger partial charge in [0.25, 0.3) is 12.1 Å². The van der Waals surface area contributed by atoms with Gasteiger partial charge in [0.05, 0.1) is 11.3 Å². The van der Waals surface area contributed by atoms with E-state index < -0.39 is 40.7 Å². The number of halogens is 2. The number of aromatic nitrogens is 1. The fraction of sp³-hybridized carbons (Fsp3) is 0.333. The molecule has 6 nitrogen and oxygen atoms in total. The minimum Gasteiger partial charge on any atom is -0.481 e. The van der Waals surface area contributed by atoms with Gasteiger partial charge < -0.3 is 5.11 Å². The molecule has 0 aliphatic carbocycles. The molecule has 1 aromatic heterocycles. The lowest BCUT2D eigenvalue weighted by Gasteiger charge is -2.08. The predicted molar refractivity (Wildman–Crippen MR) is 51.9 cm³/mol. The smallest absolute Gasteiger partial charge is 0.309 e. The second kappa shape index (κ2) is 4.81. The van der Waals surface area contributed by atoms with E-state index in [4.69, 9.17) is 5.11 Å². The molecule has 92 valence electrons. The first-order valence-corrected chi connectivity index (χ1v) is 4.47. The van der Waals surface area contributed by atoms with Gasteiger partial charge in [0.1, 0.15) is 11.3 Å². The maximum absolute atomic E-state index is 12.7. The van der Waals surface area contributed by atoms with Gasteiger partial charge in [-0.3, -0.25) is 19.9 Å². The van der Waals surface area contributed by atoms with Crippen LogP contribution in [0.4, 0.5) is 14.5 Å². The van der Waals surface area contributed by atoms with Gasteiger partial charge in [-0.15, -0.1) is 0 Å². The number of carboxylic acid groups (broad SMARTS) is 1. The number of pyridine rings is 1. The SMILES string of the molecule is Cc1cnc(CC(=O)O)c([N+](=O)[O-])c1C(F)F. The van der Waals surface area contributed by atoms with Crippen molar-refractivity contribution in [2.24, 2.45) is 0 Å². The fourth-order valence-corrected chi connectivity index (χ4v) is 1.40. The Morgan fingerprint density at radius 1 is 1.65 bits per heavy atom. The zero-order valence-electron chi connectivity index (χ0n) is 8.68. The Hall–Kier alpha value is -2.12. The molecule has 1 rings (SSSR count). The first kappa shape index (κ1) is 12.9. The fourth-order valence-electron chi connectivity index (χ4n) is 1.40. The van der Waals surface area contributed by atoms with E-state index in [1.54, 1.807) is 0 Å². The first-order valence-electron chi connectivity index (χ1n) is 4.47. The van der Waals surface area contributed by atoms with Crippen LogP contribution in [-0.4, -0.2) is 21.0 Å². The highest BCUT2D eigenvalue weighted by atomic mass is 19.3. The van der Waals surface area contributed by atoms with Gasteiger partial charge in [-0.25, -0.2) is 8.78 Å². The van der Waals surface area contributed by atoms with Gasteiger partial charge in [-0.05, 0) is 12.5 Å². The van der Waals surface area contributed by atoms with Crippen molar-refractivity contribution < 1.29 is 23.6 Å². The van der Waals surface area contributed by atoms with Crippen LogP contribution in [0.5, 0.6) is 0 Å². The molecular formula is C9H8F2N2O4. The number of hydrogen-bond donors (Lipinski definition) is 1. The molecule has 17 heavy (non-hydrogen) atoms. The van der Waals surface area contributed by atoms with E-state index in [-0.39, 0.29) is 5.56 Å². The van der Waals surface area contributed by atoms with E-state index in [1.165, 1.54) is 6.92 Å². The highest BCUT2D eigenvalue weighted by molar-refractivity contribution is 5.71. The average molecular weight is 246 g/mol. The molecule has 1 heterocycles. The molecule has 0 fully saturated rings. The van der Waals surface area contributed by atoms with Gasteiger partial charge in [0, 0.05) is 6.20 Å². The van der Waals surface area contributed by atoms with Crippen LogP contribution < -0.4 is 0 Å². The van der Waals surface area contributed by atoms with Crippen LogP contribution in [-0.2, 0) is 11.2 Å². The van der Waals surface area contributed by atoms with E-state index in [0.717, 1.165) is 6.20 Å². The molecule has 0 aliphatic rings. The zero-order chi connectivity index (χ0) is 13.2. The van der Waals surface area contributed by atoms with Crippen LogP contribution in [0.25, 0.3) is 0 Å². The Bertz CT molecular complexity index is 476. The lowest BCUT2D eigenvalue weighted by atomic mass is 10.1. The predicted octanol–water partition coefficient (Wildman–Crippen LogP) is 1.86. The Morgan fingerprint density at radius 2 is 2.24 bits per heavy atom. The molecular weight excluding hydrogens is 238 g/mol. The first-order chi connectivity index (χ1) is 7.84. The number of nitrogens with zero attached hydrogens (tertiary/aromatic N) is 2. The third kappa shape index (κ3) is 2.71. The van der Waals surface area contributed by atoms with Crippen molar-refractivity contribution in [3.05, 3.63) is 33.1 Å². The monoisotopic (exact) mass is 246 g/mol. The van der Waals surface area contributed by atoms with Gasteiger partial charge in [0.2, 0.25) is 0 Å². The summed E-state index contributed by atoms with van der Waals surface area (Å²) >= 11 is 0. The Morgan fingerprint density at radius 3 is 2.65 bits per heavy atom. The van der Waals surface area contributed by atoms with E-state index in [9.17, 15) is 23.7 Å². The van der Waals surface area contributed by atoms with Gasteiger partial charge in [-0.1, -0.05) is 0 Å². The average Bonchev–Trinajstić information content (AvgIpc) is 2.18. The largest absolute Gasteiger partial charge is 0.481 e. The maximum atomic E-state index is 12.7. The van der Waals surface area contributed by atoms with Crippen LogP contribution in [0.15, 0.2) is 6.20 Å². The van der Waals surface area contributed by atoms with Crippen molar-refractivity contribution in [2.45, 2.75) is 19.8 Å². The number of carboxylic acids is 1. The molecule has 8 heteroatoms. The van der Waals surface area contributed by atoms with Crippen LogP contribution in [0.2, 0.25) is 0 Å². The standard InChI is InChI=1S/C9H8F2N2O4/c1-4-3-12-5(2-6(14)15)8(13(16)17)7(4)9(10)11/h3,9H,2H2,1H3,(H,14,15). The summed E-state index contributed by atoms with van der Waals surface area (Å²) in [5.41, 5.74) is -2.20. The van der Waals surface area contributed by atoms with Crippen molar-refractivity contribution in [3.8, 4) is 0 Å². The molecule has 0 aliphatic heterocycles. The summed E-state index contributed by atoms with van der Waals surface area (Å²) in [7, 11) is 0. The number of hydrogen-bond acceptors (Lipinski definition) is 4. The molecule has 0 aromatic carbocycles.